The molecule has 10 aromatic carbocycles. The summed E-state index contributed by atoms with van der Waals surface area (Å²) in [6.45, 7) is 0. The minimum atomic E-state index is 1.24. The van der Waals surface area contributed by atoms with Gasteiger partial charge in [0.05, 0.1) is 0 Å². The maximum atomic E-state index is 2.37. The SMILES string of the molecule is c1ccc(-c2ccc(-c3ccccc3)c3c2-c2c4ccccc4c4c5c(c6ccccc6c-3c25)-c2c(-c3ccccc3)ccc(-c3ccccc3)c2-4)cc1. The maximum Gasteiger partial charge on any atom is -0.0000476 e. The van der Waals surface area contributed by atoms with Crippen molar-refractivity contribution in [2.24, 2.45) is 0 Å². The molecule has 0 atom stereocenters. The van der Waals surface area contributed by atoms with E-state index in [2.05, 4.69) is 194 Å². The summed E-state index contributed by atoms with van der Waals surface area (Å²) in [6, 6.07) is 71.9. The van der Waals surface area contributed by atoms with Gasteiger partial charge in [0.1, 0.15) is 0 Å². The molecular formula is C54H32. The fourth-order valence-corrected chi connectivity index (χ4v) is 9.84. The van der Waals surface area contributed by atoms with Gasteiger partial charge >= 0.3 is 0 Å². The van der Waals surface area contributed by atoms with Crippen molar-refractivity contribution in [2.45, 2.75) is 0 Å². The highest BCUT2D eigenvalue weighted by atomic mass is 14.4. The van der Waals surface area contributed by atoms with Gasteiger partial charge in [-0.25, -0.2) is 0 Å². The standard InChI is InChI=1S/C54H32/c1-5-17-33(18-6-1)37-29-30-38(34-19-7-2-8-20-34)46-45(37)49-41-25-13-14-26-42(41)51-47-39(35-21-9-3-10-22-35)31-32-40(36-23-11-4-12-24-36)48(47)52-44-28-16-15-27-43(44)50(46)53(49)54(51)52/h1-32H. The molecule has 0 N–H and O–H groups in total. The first kappa shape index (κ1) is 29.5. The molecule has 0 spiro atoms. The first-order chi connectivity index (χ1) is 26.9. The third-order valence-corrected chi connectivity index (χ3v) is 11.9. The van der Waals surface area contributed by atoms with Gasteiger partial charge < -0.3 is 0 Å². The Hall–Kier alpha value is -7.02. The number of fused-ring (bicyclic) bond motifs is 12. The van der Waals surface area contributed by atoms with Gasteiger partial charge in [-0.05, 0) is 121 Å². The summed E-state index contributed by atoms with van der Waals surface area (Å²) in [6.07, 6.45) is 0. The average molecular weight is 681 g/mol. The zero-order valence-corrected chi connectivity index (χ0v) is 29.5. The third-order valence-electron chi connectivity index (χ3n) is 11.9. The van der Waals surface area contributed by atoms with E-state index in [0.717, 1.165) is 0 Å². The summed E-state index contributed by atoms with van der Waals surface area (Å²) in [5.74, 6) is 0. The second kappa shape index (κ2) is 11.2. The molecule has 2 aliphatic rings. The lowest BCUT2D eigenvalue weighted by Crippen LogP contribution is -1.92. The van der Waals surface area contributed by atoms with Gasteiger partial charge in [-0.3, -0.25) is 0 Å². The van der Waals surface area contributed by atoms with Gasteiger partial charge in [0.25, 0.3) is 0 Å². The Morgan fingerprint density at radius 3 is 0.593 bits per heavy atom. The Bertz CT molecular complexity index is 2730. The largest absolute Gasteiger partial charge is 0.0622 e. The van der Waals surface area contributed by atoms with Crippen LogP contribution in [0.1, 0.15) is 0 Å². The van der Waals surface area contributed by atoms with E-state index in [1.54, 1.807) is 0 Å². The first-order valence-corrected chi connectivity index (χ1v) is 18.9. The molecule has 0 heteroatoms. The highest BCUT2D eigenvalue weighted by Crippen LogP contribution is 2.66. The summed E-state index contributed by atoms with van der Waals surface area (Å²) in [4.78, 5) is 0. The second-order valence-electron chi connectivity index (χ2n) is 14.6. The molecule has 0 aromatic heterocycles. The molecular weight excluding hydrogens is 649 g/mol. The van der Waals surface area contributed by atoms with Crippen LogP contribution in [0.15, 0.2) is 194 Å². The van der Waals surface area contributed by atoms with Gasteiger partial charge in [0.2, 0.25) is 0 Å². The Morgan fingerprint density at radius 2 is 0.370 bits per heavy atom. The van der Waals surface area contributed by atoms with Crippen molar-refractivity contribution in [3.05, 3.63) is 194 Å². The van der Waals surface area contributed by atoms with Crippen LogP contribution < -0.4 is 0 Å². The Morgan fingerprint density at radius 1 is 0.167 bits per heavy atom. The van der Waals surface area contributed by atoms with Crippen molar-refractivity contribution in [1.82, 2.24) is 0 Å². The number of hydrogen-bond donors (Lipinski definition) is 0. The minimum Gasteiger partial charge on any atom is -0.0622 e. The second-order valence-corrected chi connectivity index (χ2v) is 14.6. The van der Waals surface area contributed by atoms with Crippen molar-refractivity contribution in [3.63, 3.8) is 0 Å². The third kappa shape index (κ3) is 3.92. The summed E-state index contributed by atoms with van der Waals surface area (Å²) in [7, 11) is 0. The molecule has 0 aliphatic heterocycles. The van der Waals surface area contributed by atoms with Crippen LogP contribution in [0.25, 0.3) is 121 Å². The first-order valence-electron chi connectivity index (χ1n) is 18.9. The highest BCUT2D eigenvalue weighted by Gasteiger charge is 2.39. The van der Waals surface area contributed by atoms with Gasteiger partial charge in [-0.1, -0.05) is 194 Å². The van der Waals surface area contributed by atoms with E-state index in [1.807, 2.05) is 0 Å². The molecule has 0 heterocycles. The summed E-state index contributed by atoms with van der Waals surface area (Å²) in [5.41, 5.74) is 20.8. The fourth-order valence-electron chi connectivity index (χ4n) is 9.84. The predicted octanol–water partition coefficient (Wildman–Crippen LogP) is 15.1. The van der Waals surface area contributed by atoms with Crippen LogP contribution in [0.2, 0.25) is 0 Å². The summed E-state index contributed by atoms with van der Waals surface area (Å²) < 4.78 is 0. The van der Waals surface area contributed by atoms with Gasteiger partial charge in [0.15, 0.2) is 0 Å². The van der Waals surface area contributed by atoms with Gasteiger partial charge in [-0.15, -0.1) is 0 Å². The molecule has 0 nitrogen and oxygen atoms in total. The van der Waals surface area contributed by atoms with Crippen molar-refractivity contribution >= 4 is 32.3 Å². The normalized spacial score (nSPS) is 12.1. The van der Waals surface area contributed by atoms with E-state index >= 15 is 0 Å². The number of hydrogen-bond acceptors (Lipinski definition) is 0. The van der Waals surface area contributed by atoms with E-state index in [-0.39, 0.29) is 0 Å². The molecule has 12 rings (SSSR count). The van der Waals surface area contributed by atoms with E-state index in [4.69, 9.17) is 0 Å². The molecule has 2 aliphatic carbocycles. The lowest BCUT2D eigenvalue weighted by Gasteiger charge is -2.19. The molecule has 0 saturated heterocycles. The zero-order valence-electron chi connectivity index (χ0n) is 29.5. The van der Waals surface area contributed by atoms with Crippen LogP contribution in [0.5, 0.6) is 0 Å². The lowest BCUT2D eigenvalue weighted by molar-refractivity contribution is 1.59. The van der Waals surface area contributed by atoms with Crippen LogP contribution in [0, 0.1) is 0 Å². The minimum absolute atomic E-state index is 1.24. The van der Waals surface area contributed by atoms with Gasteiger partial charge in [-0.2, -0.15) is 0 Å². The quantitative estimate of drug-likeness (QED) is 0.162. The van der Waals surface area contributed by atoms with E-state index in [0.29, 0.717) is 0 Å². The van der Waals surface area contributed by atoms with Crippen LogP contribution in [0.4, 0.5) is 0 Å². The smallest absolute Gasteiger partial charge is 0.0000476 e. The Labute approximate surface area is 314 Å². The Kier molecular flexibility index (Phi) is 6.15. The molecule has 0 saturated carbocycles. The van der Waals surface area contributed by atoms with Crippen molar-refractivity contribution < 1.29 is 0 Å². The average Bonchev–Trinajstić information content (AvgIpc) is 3.80. The van der Waals surface area contributed by atoms with Crippen molar-refractivity contribution in [3.8, 4) is 89.0 Å². The zero-order chi connectivity index (χ0) is 35.3. The molecule has 248 valence electrons. The van der Waals surface area contributed by atoms with E-state index in [1.165, 1.54) is 121 Å². The topological polar surface area (TPSA) is 0 Å². The summed E-state index contributed by atoms with van der Waals surface area (Å²) in [5, 5.41) is 7.98. The van der Waals surface area contributed by atoms with Crippen LogP contribution in [-0.2, 0) is 0 Å². The predicted molar refractivity (Wildman–Crippen MR) is 230 cm³/mol. The lowest BCUT2D eigenvalue weighted by atomic mass is 9.84. The number of benzene rings is 10. The number of rotatable bonds is 4. The summed E-state index contributed by atoms with van der Waals surface area (Å²) >= 11 is 0. The van der Waals surface area contributed by atoms with Crippen LogP contribution in [-0.4, -0.2) is 0 Å². The Balaban J connectivity index is 1.36. The molecule has 0 amide bonds. The van der Waals surface area contributed by atoms with Crippen molar-refractivity contribution in [1.29, 1.82) is 0 Å². The maximum absolute atomic E-state index is 2.37. The van der Waals surface area contributed by atoms with Gasteiger partial charge in [0, 0.05) is 0 Å². The molecule has 0 bridgehead atoms. The van der Waals surface area contributed by atoms with E-state index in [9.17, 15) is 0 Å². The van der Waals surface area contributed by atoms with Crippen molar-refractivity contribution in [2.75, 3.05) is 0 Å². The highest BCUT2D eigenvalue weighted by molar-refractivity contribution is 6.43. The molecule has 0 radical (unpaired) electrons. The molecule has 54 heavy (non-hydrogen) atoms. The van der Waals surface area contributed by atoms with Crippen LogP contribution >= 0.6 is 0 Å². The fraction of sp³-hybridized carbons (Fsp3) is 0. The monoisotopic (exact) mass is 680 g/mol. The molecule has 10 aromatic rings. The van der Waals surface area contributed by atoms with E-state index < -0.39 is 0 Å². The molecule has 0 fully saturated rings. The molecule has 0 unspecified atom stereocenters. The van der Waals surface area contributed by atoms with Crippen LogP contribution in [0.3, 0.4) is 0 Å².